The Kier molecular flexibility index (Phi) is 3.44. The Bertz CT molecular complexity index is 404. The van der Waals surface area contributed by atoms with Gasteiger partial charge in [0.2, 0.25) is 0 Å². The molecule has 0 aliphatic heterocycles. The molecule has 2 aliphatic rings. The summed E-state index contributed by atoms with van der Waals surface area (Å²) in [5.41, 5.74) is 1.51. The van der Waals surface area contributed by atoms with Gasteiger partial charge in [0.1, 0.15) is 0 Å². The van der Waals surface area contributed by atoms with Crippen LogP contribution in [0.15, 0.2) is 24.3 Å². The molecular formula is C15H20IN. The van der Waals surface area contributed by atoms with Crippen molar-refractivity contribution in [2.75, 3.05) is 7.05 Å². The van der Waals surface area contributed by atoms with Crippen LogP contribution in [0.4, 0.5) is 0 Å². The summed E-state index contributed by atoms with van der Waals surface area (Å²) in [4.78, 5) is 0. The predicted octanol–water partition coefficient (Wildman–Crippen LogP) is 3.99. The van der Waals surface area contributed by atoms with Gasteiger partial charge in [0.05, 0.1) is 0 Å². The minimum Gasteiger partial charge on any atom is -0.313 e. The van der Waals surface area contributed by atoms with Gasteiger partial charge in [-0.1, -0.05) is 24.6 Å². The van der Waals surface area contributed by atoms with Gasteiger partial charge in [0, 0.05) is 9.61 Å². The van der Waals surface area contributed by atoms with Gasteiger partial charge in [-0.3, -0.25) is 0 Å². The van der Waals surface area contributed by atoms with E-state index in [0.29, 0.717) is 6.04 Å². The molecule has 0 spiro atoms. The minimum absolute atomic E-state index is 0.568. The molecule has 0 aromatic heterocycles. The number of halogens is 1. The summed E-state index contributed by atoms with van der Waals surface area (Å²) < 4.78 is 1.41. The highest BCUT2D eigenvalue weighted by Gasteiger charge is 2.43. The molecule has 0 heterocycles. The largest absolute Gasteiger partial charge is 0.313 e. The number of fused-ring (bicyclic) bond motifs is 2. The van der Waals surface area contributed by atoms with E-state index >= 15 is 0 Å². The SMILES string of the molecule is CNC(c1ccccc1I)C1CC2CCC1C2. The fraction of sp³-hybridized carbons (Fsp3) is 0.600. The van der Waals surface area contributed by atoms with Crippen molar-refractivity contribution < 1.29 is 0 Å². The van der Waals surface area contributed by atoms with Crippen LogP contribution in [0.1, 0.15) is 37.3 Å². The molecule has 17 heavy (non-hydrogen) atoms. The Morgan fingerprint density at radius 3 is 2.65 bits per heavy atom. The highest BCUT2D eigenvalue weighted by Crippen LogP contribution is 2.52. The molecule has 2 bridgehead atoms. The zero-order chi connectivity index (χ0) is 11.8. The van der Waals surface area contributed by atoms with E-state index in [-0.39, 0.29) is 0 Å². The van der Waals surface area contributed by atoms with E-state index in [1.807, 2.05) is 0 Å². The number of benzene rings is 1. The highest BCUT2D eigenvalue weighted by atomic mass is 127. The predicted molar refractivity (Wildman–Crippen MR) is 79.9 cm³/mol. The van der Waals surface area contributed by atoms with Crippen LogP contribution >= 0.6 is 22.6 Å². The van der Waals surface area contributed by atoms with Crippen molar-refractivity contribution in [3.05, 3.63) is 33.4 Å². The van der Waals surface area contributed by atoms with Gasteiger partial charge in [-0.2, -0.15) is 0 Å². The van der Waals surface area contributed by atoms with Crippen molar-refractivity contribution in [2.45, 2.75) is 31.7 Å². The van der Waals surface area contributed by atoms with E-state index in [1.54, 1.807) is 0 Å². The van der Waals surface area contributed by atoms with Crippen LogP contribution < -0.4 is 5.32 Å². The maximum Gasteiger partial charge on any atom is 0.0359 e. The first kappa shape index (κ1) is 12.0. The third-order valence-corrected chi connectivity index (χ3v) is 5.75. The molecule has 3 rings (SSSR count). The molecule has 4 atom stereocenters. The monoisotopic (exact) mass is 341 g/mol. The normalized spacial score (nSPS) is 32.9. The van der Waals surface area contributed by atoms with Gasteiger partial charge >= 0.3 is 0 Å². The molecule has 2 saturated carbocycles. The number of nitrogens with one attached hydrogen (secondary N) is 1. The highest BCUT2D eigenvalue weighted by molar-refractivity contribution is 14.1. The first-order valence-electron chi connectivity index (χ1n) is 6.71. The van der Waals surface area contributed by atoms with E-state index in [1.165, 1.54) is 34.8 Å². The van der Waals surface area contributed by atoms with Crippen molar-refractivity contribution in [1.82, 2.24) is 5.32 Å². The maximum absolute atomic E-state index is 3.58. The third kappa shape index (κ3) is 2.14. The Labute approximate surface area is 118 Å². The summed E-state index contributed by atoms with van der Waals surface area (Å²) in [6.07, 6.45) is 5.90. The Morgan fingerprint density at radius 1 is 1.24 bits per heavy atom. The standard InChI is InChI=1S/C15H20IN/c1-17-15(12-4-2-3-5-14(12)16)13-9-10-6-7-11(13)8-10/h2-5,10-11,13,15,17H,6-9H2,1H3. The molecule has 0 radical (unpaired) electrons. The molecular weight excluding hydrogens is 321 g/mol. The fourth-order valence-corrected chi connectivity index (χ4v) is 4.75. The van der Waals surface area contributed by atoms with Crippen LogP contribution in [0, 0.1) is 21.3 Å². The molecule has 2 fully saturated rings. The van der Waals surface area contributed by atoms with Crippen LogP contribution in [0.5, 0.6) is 0 Å². The number of hydrogen-bond donors (Lipinski definition) is 1. The molecule has 1 aromatic rings. The van der Waals surface area contributed by atoms with Crippen molar-refractivity contribution in [3.8, 4) is 0 Å². The van der Waals surface area contributed by atoms with Crippen LogP contribution in [0.3, 0.4) is 0 Å². The molecule has 1 N–H and O–H groups in total. The average Bonchev–Trinajstić information content (AvgIpc) is 2.95. The van der Waals surface area contributed by atoms with Crippen molar-refractivity contribution in [1.29, 1.82) is 0 Å². The van der Waals surface area contributed by atoms with E-state index < -0.39 is 0 Å². The first-order chi connectivity index (χ1) is 8.29. The summed E-state index contributed by atoms with van der Waals surface area (Å²) in [5, 5.41) is 3.58. The summed E-state index contributed by atoms with van der Waals surface area (Å²) in [6, 6.07) is 9.41. The summed E-state index contributed by atoms with van der Waals surface area (Å²) in [6.45, 7) is 0. The molecule has 0 amide bonds. The second kappa shape index (κ2) is 4.88. The maximum atomic E-state index is 3.58. The summed E-state index contributed by atoms with van der Waals surface area (Å²) >= 11 is 2.48. The van der Waals surface area contributed by atoms with Gasteiger partial charge in [0.15, 0.2) is 0 Å². The van der Waals surface area contributed by atoms with E-state index in [0.717, 1.165) is 17.8 Å². The summed E-state index contributed by atoms with van der Waals surface area (Å²) in [5.74, 6) is 2.88. The zero-order valence-electron chi connectivity index (χ0n) is 10.3. The molecule has 4 unspecified atom stereocenters. The number of hydrogen-bond acceptors (Lipinski definition) is 1. The minimum atomic E-state index is 0.568. The Balaban J connectivity index is 1.87. The summed E-state index contributed by atoms with van der Waals surface area (Å²) in [7, 11) is 2.12. The quantitative estimate of drug-likeness (QED) is 0.820. The molecule has 1 aromatic carbocycles. The van der Waals surface area contributed by atoms with Crippen molar-refractivity contribution >= 4 is 22.6 Å². The fourth-order valence-electron chi connectivity index (χ4n) is 4.03. The smallest absolute Gasteiger partial charge is 0.0359 e. The van der Waals surface area contributed by atoms with E-state index in [9.17, 15) is 0 Å². The zero-order valence-corrected chi connectivity index (χ0v) is 12.5. The first-order valence-corrected chi connectivity index (χ1v) is 7.79. The average molecular weight is 341 g/mol. The molecule has 1 nitrogen and oxygen atoms in total. The second-order valence-corrected chi connectivity index (χ2v) is 6.79. The lowest BCUT2D eigenvalue weighted by atomic mass is 9.80. The van der Waals surface area contributed by atoms with Crippen LogP contribution in [0.2, 0.25) is 0 Å². The van der Waals surface area contributed by atoms with Gasteiger partial charge in [-0.15, -0.1) is 0 Å². The van der Waals surface area contributed by atoms with Crippen LogP contribution in [0.25, 0.3) is 0 Å². The van der Waals surface area contributed by atoms with Crippen LogP contribution in [-0.2, 0) is 0 Å². The van der Waals surface area contributed by atoms with Gasteiger partial charge in [-0.05, 0) is 78.3 Å². The van der Waals surface area contributed by atoms with Gasteiger partial charge in [0.25, 0.3) is 0 Å². The van der Waals surface area contributed by atoms with Gasteiger partial charge < -0.3 is 5.32 Å². The Hall–Kier alpha value is -0.0900. The van der Waals surface area contributed by atoms with Crippen molar-refractivity contribution in [3.63, 3.8) is 0 Å². The molecule has 2 aliphatic carbocycles. The lowest BCUT2D eigenvalue weighted by molar-refractivity contribution is 0.259. The van der Waals surface area contributed by atoms with Crippen molar-refractivity contribution in [2.24, 2.45) is 17.8 Å². The number of rotatable bonds is 3. The lowest BCUT2D eigenvalue weighted by Gasteiger charge is -2.31. The molecule has 92 valence electrons. The van der Waals surface area contributed by atoms with E-state index in [2.05, 4.69) is 59.2 Å². The Morgan fingerprint density at radius 2 is 2.06 bits per heavy atom. The third-order valence-electron chi connectivity index (χ3n) is 4.77. The van der Waals surface area contributed by atoms with Gasteiger partial charge in [-0.25, -0.2) is 0 Å². The molecule has 0 saturated heterocycles. The van der Waals surface area contributed by atoms with E-state index in [4.69, 9.17) is 0 Å². The lowest BCUT2D eigenvalue weighted by Crippen LogP contribution is -2.29. The molecule has 2 heteroatoms. The second-order valence-electron chi connectivity index (χ2n) is 5.63. The van der Waals surface area contributed by atoms with Crippen LogP contribution in [-0.4, -0.2) is 7.05 Å². The topological polar surface area (TPSA) is 12.0 Å².